The Kier molecular flexibility index (Phi) is 5.41. The average molecular weight is 394 g/mol. The van der Waals surface area contributed by atoms with E-state index >= 15 is 0 Å². The highest BCUT2D eigenvalue weighted by Gasteiger charge is 2.20. The fraction of sp³-hybridized carbons (Fsp3) is 0.0952. The Morgan fingerprint density at radius 2 is 1.83 bits per heavy atom. The van der Waals surface area contributed by atoms with E-state index in [0.717, 1.165) is 18.2 Å². The summed E-state index contributed by atoms with van der Waals surface area (Å²) in [5.41, 5.74) is 0.438. The van der Waals surface area contributed by atoms with Crippen LogP contribution in [0, 0.1) is 29.9 Å². The van der Waals surface area contributed by atoms with Crippen LogP contribution in [0.1, 0.15) is 11.3 Å². The van der Waals surface area contributed by atoms with Gasteiger partial charge in [0.2, 0.25) is 0 Å². The van der Waals surface area contributed by atoms with Crippen molar-refractivity contribution in [1.82, 2.24) is 9.36 Å². The fourth-order valence-corrected chi connectivity index (χ4v) is 2.81. The van der Waals surface area contributed by atoms with Gasteiger partial charge in [-0.3, -0.25) is 14.3 Å². The van der Waals surface area contributed by atoms with Crippen LogP contribution in [0.2, 0.25) is 0 Å². The smallest absolute Gasteiger partial charge is 0.295 e. The van der Waals surface area contributed by atoms with Gasteiger partial charge in [-0.1, -0.05) is 24.3 Å². The van der Waals surface area contributed by atoms with E-state index in [9.17, 15) is 23.6 Å². The molecule has 0 aliphatic carbocycles. The van der Waals surface area contributed by atoms with Gasteiger partial charge in [0.1, 0.15) is 17.3 Å². The number of hydrogen-bond acceptors (Lipinski definition) is 3. The molecule has 1 aromatic heterocycles. The largest absolute Gasteiger partial charge is 0.315 e. The Morgan fingerprint density at radius 3 is 2.45 bits per heavy atom. The maximum Gasteiger partial charge on any atom is 0.295 e. The van der Waals surface area contributed by atoms with Crippen LogP contribution >= 0.6 is 0 Å². The molecule has 0 bridgehead atoms. The van der Waals surface area contributed by atoms with Crippen molar-refractivity contribution in [1.29, 1.82) is 5.26 Å². The van der Waals surface area contributed by atoms with Crippen LogP contribution in [0.15, 0.2) is 58.9 Å². The van der Waals surface area contributed by atoms with Crippen molar-refractivity contribution in [2.45, 2.75) is 6.92 Å². The highest BCUT2D eigenvalue weighted by atomic mass is 19.2. The molecule has 1 heterocycles. The molecule has 1 amide bonds. The Bertz CT molecular complexity index is 1220. The van der Waals surface area contributed by atoms with E-state index in [4.69, 9.17) is 0 Å². The standard InChI is InChI=1S/C21H16F2N4O2/c1-13-19(21(29)27(26(13)2)16-6-4-3-5-7-16)25-20(28)15(12-24)10-14-8-9-17(22)18(23)11-14/h3-11H,1-2H3,(H,25,28)/b15-10+. The van der Waals surface area contributed by atoms with Crippen LogP contribution in [0.5, 0.6) is 0 Å². The van der Waals surface area contributed by atoms with Crippen molar-refractivity contribution in [3.8, 4) is 11.8 Å². The van der Waals surface area contributed by atoms with Crippen molar-refractivity contribution >= 4 is 17.7 Å². The maximum absolute atomic E-state index is 13.4. The van der Waals surface area contributed by atoms with E-state index in [1.807, 2.05) is 6.07 Å². The van der Waals surface area contributed by atoms with Crippen molar-refractivity contribution < 1.29 is 13.6 Å². The van der Waals surface area contributed by atoms with E-state index in [-0.39, 0.29) is 16.8 Å². The zero-order valence-electron chi connectivity index (χ0n) is 15.6. The van der Waals surface area contributed by atoms with E-state index in [1.165, 1.54) is 10.7 Å². The molecule has 0 atom stereocenters. The first kappa shape index (κ1) is 19.8. The maximum atomic E-state index is 13.4. The number of anilines is 1. The molecule has 0 aliphatic heterocycles. The molecule has 146 valence electrons. The summed E-state index contributed by atoms with van der Waals surface area (Å²) in [6, 6.07) is 13.6. The lowest BCUT2D eigenvalue weighted by Crippen LogP contribution is -2.23. The molecule has 29 heavy (non-hydrogen) atoms. The fourth-order valence-electron chi connectivity index (χ4n) is 2.81. The number of carbonyl (C=O) groups is 1. The van der Waals surface area contributed by atoms with Crippen LogP contribution in [-0.4, -0.2) is 15.3 Å². The van der Waals surface area contributed by atoms with Crippen molar-refractivity contribution in [2.75, 3.05) is 5.32 Å². The molecule has 2 aromatic carbocycles. The first-order valence-electron chi connectivity index (χ1n) is 8.55. The predicted octanol–water partition coefficient (Wildman–Crippen LogP) is 3.31. The number of nitrogens with zero attached hydrogens (tertiary/aromatic N) is 3. The molecular formula is C21H16F2N4O2. The highest BCUT2D eigenvalue weighted by molar-refractivity contribution is 6.09. The summed E-state index contributed by atoms with van der Waals surface area (Å²) in [7, 11) is 1.67. The molecular weight excluding hydrogens is 378 g/mol. The summed E-state index contributed by atoms with van der Waals surface area (Å²) in [5, 5.41) is 11.8. The lowest BCUT2D eigenvalue weighted by molar-refractivity contribution is -0.112. The molecule has 6 nitrogen and oxygen atoms in total. The summed E-state index contributed by atoms with van der Waals surface area (Å²) in [4.78, 5) is 25.4. The third-order valence-corrected chi connectivity index (χ3v) is 4.41. The number of nitrogens with one attached hydrogen (secondary N) is 1. The molecule has 3 aromatic rings. The molecule has 0 aliphatic rings. The van der Waals surface area contributed by atoms with Crippen LogP contribution in [0.3, 0.4) is 0 Å². The molecule has 0 fully saturated rings. The number of aromatic nitrogens is 2. The number of nitriles is 1. The lowest BCUT2D eigenvalue weighted by atomic mass is 10.1. The van der Waals surface area contributed by atoms with E-state index in [2.05, 4.69) is 5.32 Å². The van der Waals surface area contributed by atoms with E-state index < -0.39 is 23.1 Å². The quantitative estimate of drug-likeness (QED) is 0.545. The molecule has 0 saturated heterocycles. The number of rotatable bonds is 4. The number of amides is 1. The predicted molar refractivity (Wildman–Crippen MR) is 104 cm³/mol. The zero-order valence-corrected chi connectivity index (χ0v) is 15.6. The van der Waals surface area contributed by atoms with Gasteiger partial charge in [-0.05, 0) is 42.8 Å². The molecule has 0 spiro atoms. The third-order valence-electron chi connectivity index (χ3n) is 4.41. The second kappa shape index (κ2) is 7.94. The summed E-state index contributed by atoms with van der Waals surface area (Å²) >= 11 is 0. The van der Waals surface area contributed by atoms with Crippen molar-refractivity contribution in [3.05, 3.63) is 87.3 Å². The summed E-state index contributed by atoms with van der Waals surface area (Å²) in [6.45, 7) is 1.65. The van der Waals surface area contributed by atoms with E-state index in [1.54, 1.807) is 49.0 Å². The van der Waals surface area contributed by atoms with Crippen LogP contribution < -0.4 is 10.9 Å². The minimum absolute atomic E-state index is 0.0211. The number of carbonyl (C=O) groups excluding carboxylic acids is 1. The first-order valence-corrected chi connectivity index (χ1v) is 8.55. The summed E-state index contributed by atoms with van der Waals surface area (Å²) in [5.74, 6) is -2.96. The second-order valence-electron chi connectivity index (χ2n) is 6.23. The Morgan fingerprint density at radius 1 is 1.14 bits per heavy atom. The van der Waals surface area contributed by atoms with Gasteiger partial charge >= 0.3 is 0 Å². The van der Waals surface area contributed by atoms with Gasteiger partial charge in [0.15, 0.2) is 11.6 Å². The molecule has 1 N–H and O–H groups in total. The zero-order chi connectivity index (χ0) is 21.1. The Balaban J connectivity index is 1.96. The van der Waals surface area contributed by atoms with Gasteiger partial charge in [0, 0.05) is 7.05 Å². The second-order valence-corrected chi connectivity index (χ2v) is 6.23. The Labute approximate surface area is 164 Å². The summed E-state index contributed by atoms with van der Waals surface area (Å²) < 4.78 is 29.4. The minimum Gasteiger partial charge on any atom is -0.315 e. The number of halogens is 2. The van der Waals surface area contributed by atoms with Gasteiger partial charge in [-0.15, -0.1) is 0 Å². The third kappa shape index (κ3) is 3.84. The molecule has 0 saturated carbocycles. The number of benzene rings is 2. The van der Waals surface area contributed by atoms with Crippen molar-refractivity contribution in [3.63, 3.8) is 0 Å². The van der Waals surface area contributed by atoms with E-state index in [0.29, 0.717) is 11.4 Å². The summed E-state index contributed by atoms with van der Waals surface area (Å²) in [6.07, 6.45) is 1.12. The topological polar surface area (TPSA) is 79.8 Å². The normalized spacial score (nSPS) is 11.2. The monoisotopic (exact) mass is 394 g/mol. The molecule has 3 rings (SSSR count). The minimum atomic E-state index is -1.10. The van der Waals surface area contributed by atoms with Crippen LogP contribution in [0.4, 0.5) is 14.5 Å². The molecule has 8 heteroatoms. The molecule has 0 radical (unpaired) electrons. The van der Waals surface area contributed by atoms with Gasteiger partial charge in [-0.25, -0.2) is 13.5 Å². The van der Waals surface area contributed by atoms with Crippen LogP contribution in [-0.2, 0) is 11.8 Å². The number of hydrogen-bond donors (Lipinski definition) is 1. The Hall–Kier alpha value is -3.99. The first-order chi connectivity index (χ1) is 13.8. The molecule has 0 unspecified atom stereocenters. The SMILES string of the molecule is Cc1c(NC(=O)/C(C#N)=C/c2ccc(F)c(F)c2)c(=O)n(-c2ccccc2)n1C. The number of para-hydroxylation sites is 1. The van der Waals surface area contributed by atoms with Gasteiger partial charge < -0.3 is 5.32 Å². The van der Waals surface area contributed by atoms with Gasteiger partial charge in [0.25, 0.3) is 11.5 Å². The van der Waals surface area contributed by atoms with Gasteiger partial charge in [-0.2, -0.15) is 5.26 Å². The van der Waals surface area contributed by atoms with Crippen LogP contribution in [0.25, 0.3) is 11.8 Å². The lowest BCUT2D eigenvalue weighted by Gasteiger charge is -2.07. The highest BCUT2D eigenvalue weighted by Crippen LogP contribution is 2.16. The average Bonchev–Trinajstić information content (AvgIpc) is 2.92. The van der Waals surface area contributed by atoms with Gasteiger partial charge in [0.05, 0.1) is 11.4 Å². The van der Waals surface area contributed by atoms with Crippen molar-refractivity contribution in [2.24, 2.45) is 7.05 Å².